The predicted molar refractivity (Wildman–Crippen MR) is 69.3 cm³/mol. The fraction of sp³-hybridized carbons (Fsp3) is 0.333. The first kappa shape index (κ1) is 14.3. The van der Waals surface area contributed by atoms with Gasteiger partial charge in [0.1, 0.15) is 0 Å². The van der Waals surface area contributed by atoms with E-state index in [9.17, 15) is 19.7 Å². The van der Waals surface area contributed by atoms with Crippen molar-refractivity contribution in [2.75, 3.05) is 6.54 Å². The monoisotopic (exact) mass is 298 g/mol. The average molecular weight is 299 g/mol. The summed E-state index contributed by atoms with van der Waals surface area (Å²) < 4.78 is 0. The van der Waals surface area contributed by atoms with Gasteiger partial charge in [0.25, 0.3) is 5.69 Å². The molecule has 1 aromatic rings. The normalized spacial score (nSPS) is 18.4. The molecule has 0 bridgehead atoms. The van der Waals surface area contributed by atoms with E-state index in [0.29, 0.717) is 0 Å². The molecule has 2 rings (SSSR count). The number of likely N-dealkylation sites (tertiary alicyclic amines) is 1. The molecule has 1 saturated heterocycles. The number of carboxylic acid groups (broad SMARTS) is 1. The largest absolute Gasteiger partial charge is 0.481 e. The maximum Gasteiger partial charge on any atom is 0.308 e. The molecule has 7 nitrogen and oxygen atoms in total. The van der Waals surface area contributed by atoms with Crippen molar-refractivity contribution < 1.29 is 19.6 Å². The third kappa shape index (κ3) is 2.72. The smallest absolute Gasteiger partial charge is 0.308 e. The van der Waals surface area contributed by atoms with Gasteiger partial charge < -0.3 is 10.0 Å². The maximum absolute atomic E-state index is 11.7. The number of hydrogen-bond acceptors (Lipinski definition) is 4. The zero-order valence-electron chi connectivity index (χ0n) is 10.3. The van der Waals surface area contributed by atoms with E-state index >= 15 is 0 Å². The molecule has 0 aliphatic carbocycles. The van der Waals surface area contributed by atoms with Crippen LogP contribution in [0.25, 0.3) is 0 Å². The first-order valence-corrected chi connectivity index (χ1v) is 6.20. The van der Waals surface area contributed by atoms with Gasteiger partial charge in [-0.25, -0.2) is 0 Å². The third-order valence-electron chi connectivity index (χ3n) is 3.20. The average Bonchev–Trinajstić information content (AvgIpc) is 2.73. The fourth-order valence-corrected chi connectivity index (χ4v) is 2.39. The first-order valence-electron chi connectivity index (χ1n) is 5.82. The number of aliphatic carboxylic acids is 1. The number of amides is 1. The lowest BCUT2D eigenvalue weighted by Crippen LogP contribution is -2.26. The van der Waals surface area contributed by atoms with Crippen molar-refractivity contribution in [2.24, 2.45) is 5.92 Å². The summed E-state index contributed by atoms with van der Waals surface area (Å²) in [6, 6.07) is 4.26. The number of benzene rings is 1. The predicted octanol–water partition coefficient (Wildman–Crippen LogP) is 1.68. The second kappa shape index (κ2) is 5.46. The molecule has 1 N–H and O–H groups in total. The van der Waals surface area contributed by atoms with Crippen molar-refractivity contribution >= 4 is 29.2 Å². The molecule has 1 atom stereocenters. The Hall–Kier alpha value is -2.15. The number of carbonyl (C=O) groups excluding carboxylic acids is 1. The summed E-state index contributed by atoms with van der Waals surface area (Å²) in [5, 5.41) is 20.0. The van der Waals surface area contributed by atoms with Crippen molar-refractivity contribution in [2.45, 2.75) is 13.0 Å². The van der Waals surface area contributed by atoms with Crippen LogP contribution >= 0.6 is 11.6 Å². The minimum absolute atomic E-state index is 0.0382. The number of carbonyl (C=O) groups is 2. The number of nitro groups is 1. The van der Waals surface area contributed by atoms with Crippen molar-refractivity contribution in [3.8, 4) is 0 Å². The lowest BCUT2D eigenvalue weighted by atomic mass is 10.1. The van der Waals surface area contributed by atoms with Crippen molar-refractivity contribution in [1.82, 2.24) is 4.90 Å². The quantitative estimate of drug-likeness (QED) is 0.673. The van der Waals surface area contributed by atoms with E-state index in [-0.39, 0.29) is 41.7 Å². The van der Waals surface area contributed by atoms with Crippen molar-refractivity contribution in [1.29, 1.82) is 0 Å². The number of halogens is 1. The van der Waals surface area contributed by atoms with E-state index in [1.165, 1.54) is 23.1 Å². The van der Waals surface area contributed by atoms with Gasteiger partial charge in [0.15, 0.2) is 0 Å². The topological polar surface area (TPSA) is 101 Å². The summed E-state index contributed by atoms with van der Waals surface area (Å²) in [6.07, 6.45) is -0.0897. The second-order valence-electron chi connectivity index (χ2n) is 4.51. The minimum Gasteiger partial charge on any atom is -0.481 e. The Morgan fingerprint density at radius 1 is 1.55 bits per heavy atom. The number of nitrogens with zero attached hydrogens (tertiary/aromatic N) is 2. The van der Waals surface area contributed by atoms with Crippen LogP contribution in [0.3, 0.4) is 0 Å². The van der Waals surface area contributed by atoms with Crippen molar-refractivity contribution in [3.05, 3.63) is 38.9 Å². The Morgan fingerprint density at radius 2 is 2.25 bits per heavy atom. The van der Waals surface area contributed by atoms with Gasteiger partial charge in [0.05, 0.1) is 28.0 Å². The Labute approximate surface area is 118 Å². The van der Waals surface area contributed by atoms with E-state index in [1.54, 1.807) is 0 Å². The molecule has 1 aromatic carbocycles. The highest BCUT2D eigenvalue weighted by Crippen LogP contribution is 2.30. The number of carboxylic acids is 1. The molecular formula is C12H11ClN2O5. The number of hydrogen-bond donors (Lipinski definition) is 1. The van der Waals surface area contributed by atoms with E-state index in [2.05, 4.69) is 0 Å². The number of nitro benzene ring substituents is 1. The van der Waals surface area contributed by atoms with Crippen LogP contribution in [0, 0.1) is 16.0 Å². The molecule has 1 aliphatic rings. The van der Waals surface area contributed by atoms with Crippen LogP contribution in [0.15, 0.2) is 18.2 Å². The van der Waals surface area contributed by atoms with Gasteiger partial charge in [-0.1, -0.05) is 17.7 Å². The van der Waals surface area contributed by atoms with Crippen molar-refractivity contribution in [3.63, 3.8) is 0 Å². The molecular weight excluding hydrogens is 288 g/mol. The van der Waals surface area contributed by atoms with Crippen LogP contribution in [0.1, 0.15) is 12.0 Å². The maximum atomic E-state index is 11.7. The van der Waals surface area contributed by atoms with Crippen LogP contribution in [-0.4, -0.2) is 33.4 Å². The molecule has 1 heterocycles. The fourth-order valence-electron chi connectivity index (χ4n) is 2.16. The second-order valence-corrected chi connectivity index (χ2v) is 4.92. The highest BCUT2D eigenvalue weighted by molar-refractivity contribution is 6.31. The molecule has 0 saturated carbocycles. The third-order valence-corrected chi connectivity index (χ3v) is 3.56. The Bertz CT molecular complexity index is 589. The van der Waals surface area contributed by atoms with Crippen LogP contribution < -0.4 is 0 Å². The van der Waals surface area contributed by atoms with Crippen LogP contribution in [-0.2, 0) is 16.1 Å². The summed E-state index contributed by atoms with van der Waals surface area (Å²) in [5.74, 6) is -2.16. The number of rotatable bonds is 4. The zero-order valence-corrected chi connectivity index (χ0v) is 11.0. The van der Waals surface area contributed by atoms with Crippen LogP contribution in [0.4, 0.5) is 5.69 Å². The van der Waals surface area contributed by atoms with Gasteiger partial charge in [0, 0.05) is 19.0 Å². The lowest BCUT2D eigenvalue weighted by molar-refractivity contribution is -0.385. The molecule has 1 amide bonds. The van der Waals surface area contributed by atoms with Gasteiger partial charge in [-0.3, -0.25) is 19.7 Å². The van der Waals surface area contributed by atoms with Gasteiger partial charge in [-0.15, -0.1) is 0 Å². The zero-order chi connectivity index (χ0) is 14.9. The van der Waals surface area contributed by atoms with E-state index in [0.717, 1.165) is 0 Å². The van der Waals surface area contributed by atoms with Gasteiger partial charge in [0.2, 0.25) is 5.91 Å². The van der Waals surface area contributed by atoms with Crippen LogP contribution in [0.5, 0.6) is 0 Å². The molecule has 8 heteroatoms. The highest BCUT2D eigenvalue weighted by Gasteiger charge is 2.35. The lowest BCUT2D eigenvalue weighted by Gasteiger charge is -2.16. The summed E-state index contributed by atoms with van der Waals surface area (Å²) >= 11 is 5.94. The van der Waals surface area contributed by atoms with E-state index < -0.39 is 16.8 Å². The molecule has 0 spiro atoms. The SMILES string of the molecule is O=C(O)C1CC(=O)N(Cc2c(Cl)cccc2[N+](=O)[O-])C1. The summed E-state index contributed by atoms with van der Waals surface area (Å²) in [4.78, 5) is 34.3. The highest BCUT2D eigenvalue weighted by atomic mass is 35.5. The Morgan fingerprint density at radius 3 is 2.80 bits per heavy atom. The van der Waals surface area contributed by atoms with Gasteiger partial charge in [-0.2, -0.15) is 0 Å². The van der Waals surface area contributed by atoms with Crippen LogP contribution in [0.2, 0.25) is 5.02 Å². The minimum atomic E-state index is -1.05. The molecule has 1 fully saturated rings. The molecule has 0 radical (unpaired) electrons. The standard InChI is InChI=1S/C12H11ClN2O5/c13-9-2-1-3-10(15(19)20)8(9)6-14-5-7(12(17)18)4-11(14)16/h1-3,7H,4-6H2,(H,17,18). The molecule has 0 aromatic heterocycles. The van der Waals surface area contributed by atoms with Gasteiger partial charge in [-0.05, 0) is 6.07 Å². The summed E-state index contributed by atoms with van der Waals surface area (Å²) in [6.45, 7) is -0.0187. The Balaban J connectivity index is 2.25. The first-order chi connectivity index (χ1) is 9.40. The van der Waals surface area contributed by atoms with E-state index in [4.69, 9.17) is 16.7 Å². The molecule has 1 aliphatic heterocycles. The molecule has 106 valence electrons. The molecule has 1 unspecified atom stereocenters. The summed E-state index contributed by atoms with van der Waals surface area (Å²) in [7, 11) is 0. The Kier molecular flexibility index (Phi) is 3.89. The van der Waals surface area contributed by atoms with E-state index in [1.807, 2.05) is 0 Å². The summed E-state index contributed by atoms with van der Waals surface area (Å²) in [5.41, 5.74) is 0.0441. The van der Waals surface area contributed by atoms with Gasteiger partial charge >= 0.3 is 5.97 Å². The molecule has 20 heavy (non-hydrogen) atoms.